The van der Waals surface area contributed by atoms with Gasteiger partial charge in [0.2, 0.25) is 0 Å². The summed E-state index contributed by atoms with van der Waals surface area (Å²) in [5.41, 5.74) is 16.1. The summed E-state index contributed by atoms with van der Waals surface area (Å²) in [4.78, 5) is 2.39. The molecule has 0 N–H and O–H groups in total. The summed E-state index contributed by atoms with van der Waals surface area (Å²) in [6.45, 7) is 4.73. The number of nitrogens with zero attached hydrogens (tertiary/aromatic N) is 1. The molecule has 54 heavy (non-hydrogen) atoms. The van der Waals surface area contributed by atoms with Gasteiger partial charge in [0, 0.05) is 22.5 Å². The third kappa shape index (κ3) is 5.32. The van der Waals surface area contributed by atoms with Gasteiger partial charge in [-0.2, -0.15) is 0 Å². The first-order valence-electron chi connectivity index (χ1n) is 18.8. The van der Waals surface area contributed by atoms with Crippen molar-refractivity contribution in [2.75, 3.05) is 4.90 Å². The zero-order valence-corrected chi connectivity index (χ0v) is 30.5. The van der Waals surface area contributed by atoms with Gasteiger partial charge in [-0.3, -0.25) is 0 Å². The minimum atomic E-state index is -0.0811. The van der Waals surface area contributed by atoms with Crippen LogP contribution in [0.4, 0.5) is 17.1 Å². The van der Waals surface area contributed by atoms with Crippen molar-refractivity contribution in [3.8, 4) is 44.5 Å². The maximum absolute atomic E-state index is 2.39. The molecule has 0 aromatic heterocycles. The third-order valence-corrected chi connectivity index (χ3v) is 11.4. The zero-order chi connectivity index (χ0) is 36.2. The van der Waals surface area contributed by atoms with Gasteiger partial charge in [0.25, 0.3) is 0 Å². The van der Waals surface area contributed by atoms with Crippen LogP contribution in [-0.4, -0.2) is 0 Å². The molecule has 0 radical (unpaired) electrons. The maximum Gasteiger partial charge on any atom is 0.0467 e. The highest BCUT2D eigenvalue weighted by molar-refractivity contribution is 5.97. The van der Waals surface area contributed by atoms with Crippen LogP contribution in [0, 0.1) is 0 Å². The first-order chi connectivity index (χ1) is 26.5. The fraction of sp³-hybridized carbons (Fsp3) is 0.0566. The zero-order valence-electron chi connectivity index (χ0n) is 30.5. The van der Waals surface area contributed by atoms with Crippen LogP contribution in [0.25, 0.3) is 66.1 Å². The van der Waals surface area contributed by atoms with E-state index < -0.39 is 0 Å². The van der Waals surface area contributed by atoms with Crippen molar-refractivity contribution in [2.24, 2.45) is 0 Å². The van der Waals surface area contributed by atoms with E-state index in [4.69, 9.17) is 0 Å². The topological polar surface area (TPSA) is 3.24 Å². The molecule has 1 nitrogen and oxygen atoms in total. The van der Waals surface area contributed by atoms with Gasteiger partial charge in [-0.1, -0.05) is 172 Å². The molecule has 0 spiro atoms. The van der Waals surface area contributed by atoms with E-state index >= 15 is 0 Å². The largest absolute Gasteiger partial charge is 0.310 e. The summed E-state index contributed by atoms with van der Waals surface area (Å²) in [6, 6.07) is 73.3. The molecule has 9 aromatic rings. The fourth-order valence-corrected chi connectivity index (χ4v) is 8.79. The molecule has 10 rings (SSSR count). The normalized spacial score (nSPS) is 12.8. The van der Waals surface area contributed by atoms with E-state index in [0.29, 0.717) is 0 Å². The molecule has 0 heterocycles. The fourth-order valence-electron chi connectivity index (χ4n) is 8.79. The van der Waals surface area contributed by atoms with Crippen LogP contribution in [0.15, 0.2) is 200 Å². The molecule has 0 aliphatic heterocycles. The minimum Gasteiger partial charge on any atom is -0.310 e. The van der Waals surface area contributed by atoms with Crippen LogP contribution in [0.1, 0.15) is 25.0 Å². The molecular formula is C53H39N. The maximum atomic E-state index is 2.39. The predicted octanol–water partition coefficient (Wildman–Crippen LogP) is 14.8. The van der Waals surface area contributed by atoms with Crippen molar-refractivity contribution in [1.29, 1.82) is 0 Å². The van der Waals surface area contributed by atoms with E-state index in [-0.39, 0.29) is 5.41 Å². The van der Waals surface area contributed by atoms with E-state index in [1.54, 1.807) is 0 Å². The second kappa shape index (κ2) is 12.8. The Hall–Kier alpha value is -6.70. The Morgan fingerprint density at radius 2 is 0.870 bits per heavy atom. The van der Waals surface area contributed by atoms with Crippen LogP contribution in [0.2, 0.25) is 0 Å². The van der Waals surface area contributed by atoms with Gasteiger partial charge >= 0.3 is 0 Å². The highest BCUT2D eigenvalue weighted by atomic mass is 15.1. The van der Waals surface area contributed by atoms with E-state index in [0.717, 1.165) is 17.1 Å². The van der Waals surface area contributed by atoms with E-state index in [9.17, 15) is 0 Å². The quantitative estimate of drug-likeness (QED) is 0.168. The Kier molecular flexibility index (Phi) is 7.56. The summed E-state index contributed by atoms with van der Waals surface area (Å²) in [5, 5.41) is 5.02. The van der Waals surface area contributed by atoms with Crippen molar-refractivity contribution in [3.63, 3.8) is 0 Å². The molecule has 9 aromatic carbocycles. The summed E-state index contributed by atoms with van der Waals surface area (Å²) >= 11 is 0. The number of rotatable bonds is 6. The molecule has 0 amide bonds. The lowest BCUT2D eigenvalue weighted by Gasteiger charge is -2.27. The molecule has 0 saturated heterocycles. The molecule has 1 heteroatoms. The van der Waals surface area contributed by atoms with Crippen molar-refractivity contribution in [1.82, 2.24) is 0 Å². The molecule has 0 fully saturated rings. The summed E-state index contributed by atoms with van der Waals surface area (Å²) in [5.74, 6) is 0. The Morgan fingerprint density at radius 3 is 1.67 bits per heavy atom. The summed E-state index contributed by atoms with van der Waals surface area (Å²) in [6.07, 6.45) is 0. The molecule has 256 valence electrons. The molecule has 1 aliphatic carbocycles. The van der Waals surface area contributed by atoms with Crippen LogP contribution in [0.5, 0.6) is 0 Å². The molecule has 0 saturated carbocycles. The number of hydrogen-bond donors (Lipinski definition) is 0. The lowest BCUT2D eigenvalue weighted by Crippen LogP contribution is -2.16. The van der Waals surface area contributed by atoms with Gasteiger partial charge < -0.3 is 4.90 Å². The van der Waals surface area contributed by atoms with Gasteiger partial charge in [-0.05, 0) is 120 Å². The number of fused-ring (bicyclic) bond motifs is 5. The summed E-state index contributed by atoms with van der Waals surface area (Å²) in [7, 11) is 0. The smallest absolute Gasteiger partial charge is 0.0467 e. The Bertz CT molecular complexity index is 2840. The Morgan fingerprint density at radius 1 is 0.333 bits per heavy atom. The highest BCUT2D eigenvalue weighted by Gasteiger charge is 2.37. The number of benzene rings is 9. The van der Waals surface area contributed by atoms with Crippen LogP contribution in [-0.2, 0) is 5.41 Å². The second-order valence-corrected chi connectivity index (χ2v) is 15.0. The molecule has 0 bridgehead atoms. The molecular weight excluding hydrogens is 651 g/mol. The van der Waals surface area contributed by atoms with Crippen LogP contribution >= 0.6 is 0 Å². The van der Waals surface area contributed by atoms with Gasteiger partial charge in [0.05, 0.1) is 0 Å². The summed E-state index contributed by atoms with van der Waals surface area (Å²) < 4.78 is 0. The standard InChI is InChI=1S/C53H39N/c1-53(2)51-23-8-7-19-49(51)50-22-11-21-48(52(50)53)39-28-32-44(33-29-39)54(43-30-26-38(27-31-43)47-20-10-15-37-13-5-6-18-46(37)47)45-17-9-16-41(35-45)42-25-24-36-12-3-4-14-40(36)34-42/h3-35H,1-2H3. The van der Waals surface area contributed by atoms with Gasteiger partial charge in [-0.25, -0.2) is 0 Å². The van der Waals surface area contributed by atoms with E-state index in [1.807, 2.05) is 0 Å². The SMILES string of the molecule is CC1(C)c2ccccc2-c2cccc(-c3ccc(N(c4ccc(-c5cccc6ccccc56)cc4)c4cccc(-c5ccc6ccccc6c5)c4)cc3)c21. The highest BCUT2D eigenvalue weighted by Crippen LogP contribution is 2.52. The van der Waals surface area contributed by atoms with Crippen molar-refractivity contribution in [2.45, 2.75) is 19.3 Å². The Balaban J connectivity index is 1.08. The average Bonchev–Trinajstić information content (AvgIpc) is 3.47. The molecule has 1 aliphatic rings. The van der Waals surface area contributed by atoms with Crippen LogP contribution < -0.4 is 4.90 Å². The average molecular weight is 690 g/mol. The Labute approximate surface area is 317 Å². The minimum absolute atomic E-state index is 0.0811. The van der Waals surface area contributed by atoms with E-state index in [2.05, 4.69) is 219 Å². The van der Waals surface area contributed by atoms with E-state index in [1.165, 1.54) is 77.2 Å². The van der Waals surface area contributed by atoms with Gasteiger partial charge in [0.1, 0.15) is 0 Å². The lowest BCUT2D eigenvalue weighted by atomic mass is 9.79. The second-order valence-electron chi connectivity index (χ2n) is 15.0. The number of hydrogen-bond acceptors (Lipinski definition) is 1. The van der Waals surface area contributed by atoms with Crippen molar-refractivity contribution < 1.29 is 0 Å². The van der Waals surface area contributed by atoms with Gasteiger partial charge in [0.15, 0.2) is 0 Å². The predicted molar refractivity (Wildman–Crippen MR) is 230 cm³/mol. The monoisotopic (exact) mass is 689 g/mol. The molecule has 0 unspecified atom stereocenters. The van der Waals surface area contributed by atoms with Crippen molar-refractivity contribution >= 4 is 38.6 Å². The first kappa shape index (κ1) is 32.0. The third-order valence-electron chi connectivity index (χ3n) is 11.4. The van der Waals surface area contributed by atoms with Crippen molar-refractivity contribution in [3.05, 3.63) is 211 Å². The number of anilines is 3. The van der Waals surface area contributed by atoms with Crippen LogP contribution in [0.3, 0.4) is 0 Å². The first-order valence-corrected chi connectivity index (χ1v) is 18.8. The molecule has 0 atom stereocenters. The lowest BCUT2D eigenvalue weighted by molar-refractivity contribution is 0.662. The van der Waals surface area contributed by atoms with Gasteiger partial charge in [-0.15, -0.1) is 0 Å².